The first-order valence-corrected chi connectivity index (χ1v) is 8.63. The van der Waals surface area contributed by atoms with Gasteiger partial charge in [-0.3, -0.25) is 11.3 Å². The lowest BCUT2D eigenvalue weighted by Gasteiger charge is -2.24. The van der Waals surface area contributed by atoms with Crippen LogP contribution in [0.15, 0.2) is 18.2 Å². The summed E-state index contributed by atoms with van der Waals surface area (Å²) >= 11 is 8.06. The molecule has 3 N–H and O–H groups in total. The molecule has 5 heteroatoms. The van der Waals surface area contributed by atoms with Crippen molar-refractivity contribution in [3.63, 3.8) is 0 Å². The summed E-state index contributed by atoms with van der Waals surface area (Å²) in [6.07, 6.45) is 7.44. The second kappa shape index (κ2) is 8.23. The van der Waals surface area contributed by atoms with Crippen LogP contribution >= 0.6 is 23.4 Å². The molecule has 1 atom stereocenters. The molecule has 20 heavy (non-hydrogen) atoms. The highest BCUT2D eigenvalue weighted by molar-refractivity contribution is 7.99. The molecule has 112 valence electrons. The van der Waals surface area contributed by atoms with Crippen molar-refractivity contribution >= 4 is 23.4 Å². The Hall–Kier alpha value is -0.290. The predicted molar refractivity (Wildman–Crippen MR) is 85.6 cm³/mol. The highest BCUT2D eigenvalue weighted by atomic mass is 35.5. The molecular formula is C15H22ClFN2S. The molecule has 0 aromatic heterocycles. The average Bonchev–Trinajstić information content (AvgIpc) is 2.46. The average molecular weight is 317 g/mol. The van der Waals surface area contributed by atoms with Crippen molar-refractivity contribution in [2.24, 2.45) is 5.84 Å². The molecule has 0 radical (unpaired) electrons. The summed E-state index contributed by atoms with van der Waals surface area (Å²) < 4.78 is 13.0. The Bertz CT molecular complexity index is 424. The highest BCUT2D eigenvalue weighted by Gasteiger charge is 2.17. The Kier molecular flexibility index (Phi) is 6.62. The van der Waals surface area contributed by atoms with Crippen molar-refractivity contribution in [2.75, 3.05) is 5.75 Å². The van der Waals surface area contributed by atoms with Crippen LogP contribution in [0.5, 0.6) is 0 Å². The van der Waals surface area contributed by atoms with E-state index in [4.69, 9.17) is 17.4 Å². The standard InChI is InChI=1S/C15H22ClFN2S/c16-15-9-12(17)7-6-11(15)8-13(19-18)10-20-14-4-2-1-3-5-14/h6-7,9,13-14,19H,1-5,8,10,18H2. The Labute approximate surface area is 129 Å². The van der Waals surface area contributed by atoms with E-state index in [1.54, 1.807) is 6.07 Å². The van der Waals surface area contributed by atoms with Crippen molar-refractivity contribution in [2.45, 2.75) is 49.8 Å². The third-order valence-corrected chi connectivity index (χ3v) is 5.69. The van der Waals surface area contributed by atoms with Crippen LogP contribution in [0.25, 0.3) is 0 Å². The number of rotatable bonds is 6. The van der Waals surface area contributed by atoms with Gasteiger partial charge in [0.1, 0.15) is 5.82 Å². The first kappa shape index (κ1) is 16.1. The SMILES string of the molecule is NNC(CSC1CCCCC1)Cc1ccc(F)cc1Cl. The lowest BCUT2D eigenvalue weighted by atomic mass is 10.0. The Morgan fingerprint density at radius 1 is 1.35 bits per heavy atom. The zero-order valence-electron chi connectivity index (χ0n) is 11.6. The van der Waals surface area contributed by atoms with Crippen molar-refractivity contribution < 1.29 is 4.39 Å². The fourth-order valence-corrected chi connectivity index (χ4v) is 4.23. The fraction of sp³-hybridized carbons (Fsp3) is 0.600. The van der Waals surface area contributed by atoms with Crippen LogP contribution in [0.3, 0.4) is 0 Å². The number of nitrogens with two attached hydrogens (primary N) is 1. The second-order valence-electron chi connectivity index (χ2n) is 5.40. The number of hydrogen-bond donors (Lipinski definition) is 2. The van der Waals surface area contributed by atoms with Crippen LogP contribution < -0.4 is 11.3 Å². The number of benzene rings is 1. The van der Waals surface area contributed by atoms with Crippen LogP contribution in [-0.4, -0.2) is 17.0 Å². The molecule has 2 rings (SSSR count). The van der Waals surface area contributed by atoms with Crippen molar-refractivity contribution in [3.8, 4) is 0 Å². The van der Waals surface area contributed by atoms with Crippen molar-refractivity contribution in [1.29, 1.82) is 0 Å². The lowest BCUT2D eigenvalue weighted by molar-refractivity contribution is 0.513. The molecule has 2 nitrogen and oxygen atoms in total. The lowest BCUT2D eigenvalue weighted by Crippen LogP contribution is -2.39. The van der Waals surface area contributed by atoms with E-state index in [2.05, 4.69) is 5.43 Å². The molecule has 0 amide bonds. The van der Waals surface area contributed by atoms with Gasteiger partial charge in [-0.2, -0.15) is 11.8 Å². The Morgan fingerprint density at radius 2 is 2.10 bits per heavy atom. The first-order chi connectivity index (χ1) is 9.69. The van der Waals surface area contributed by atoms with Gasteiger partial charge in [-0.1, -0.05) is 36.9 Å². The van der Waals surface area contributed by atoms with E-state index >= 15 is 0 Å². The van der Waals surface area contributed by atoms with Crippen molar-refractivity contribution in [1.82, 2.24) is 5.43 Å². The molecule has 0 aliphatic heterocycles. The molecule has 0 saturated heterocycles. The van der Waals surface area contributed by atoms with E-state index in [1.807, 2.05) is 11.8 Å². The molecule has 1 saturated carbocycles. The summed E-state index contributed by atoms with van der Waals surface area (Å²) in [5.41, 5.74) is 3.80. The van der Waals surface area contributed by atoms with Gasteiger partial charge in [-0.05, 0) is 37.0 Å². The summed E-state index contributed by atoms with van der Waals surface area (Å²) in [7, 11) is 0. The van der Waals surface area contributed by atoms with Gasteiger partial charge in [-0.25, -0.2) is 4.39 Å². The van der Waals surface area contributed by atoms with Crippen LogP contribution in [0.4, 0.5) is 4.39 Å². The quantitative estimate of drug-likeness (QED) is 0.617. The minimum atomic E-state index is -0.299. The molecule has 0 bridgehead atoms. The van der Waals surface area contributed by atoms with Gasteiger partial charge in [0.15, 0.2) is 0 Å². The van der Waals surface area contributed by atoms with E-state index in [1.165, 1.54) is 44.2 Å². The normalized spacial score (nSPS) is 18.1. The van der Waals surface area contributed by atoms with E-state index in [0.717, 1.165) is 23.0 Å². The predicted octanol–water partition coefficient (Wildman–Crippen LogP) is 3.92. The summed E-state index contributed by atoms with van der Waals surface area (Å²) in [5.74, 6) is 6.30. The van der Waals surface area contributed by atoms with Crippen LogP contribution in [-0.2, 0) is 6.42 Å². The van der Waals surface area contributed by atoms with Gasteiger partial charge < -0.3 is 0 Å². The summed E-state index contributed by atoms with van der Waals surface area (Å²) in [6.45, 7) is 0. The van der Waals surface area contributed by atoms with Crippen molar-refractivity contribution in [3.05, 3.63) is 34.6 Å². The second-order valence-corrected chi connectivity index (χ2v) is 7.14. The molecular weight excluding hydrogens is 295 g/mol. The topological polar surface area (TPSA) is 38.0 Å². The zero-order valence-corrected chi connectivity index (χ0v) is 13.2. The monoisotopic (exact) mass is 316 g/mol. The van der Waals surface area contributed by atoms with Gasteiger partial charge in [0.2, 0.25) is 0 Å². The highest BCUT2D eigenvalue weighted by Crippen LogP contribution is 2.29. The van der Waals surface area contributed by atoms with E-state index in [0.29, 0.717) is 5.02 Å². The number of thioether (sulfide) groups is 1. The number of hydrogen-bond acceptors (Lipinski definition) is 3. The number of halogens is 2. The Morgan fingerprint density at radius 3 is 2.75 bits per heavy atom. The number of hydrazine groups is 1. The maximum atomic E-state index is 13.0. The largest absolute Gasteiger partial charge is 0.271 e. The zero-order chi connectivity index (χ0) is 14.4. The summed E-state index contributed by atoms with van der Waals surface area (Å²) in [5, 5.41) is 1.25. The van der Waals surface area contributed by atoms with Gasteiger partial charge in [0, 0.05) is 22.1 Å². The van der Waals surface area contributed by atoms with Gasteiger partial charge >= 0.3 is 0 Å². The van der Waals surface area contributed by atoms with Gasteiger partial charge in [0.05, 0.1) is 0 Å². The molecule has 1 aromatic carbocycles. The van der Waals surface area contributed by atoms with Crippen LogP contribution in [0, 0.1) is 5.82 Å². The maximum absolute atomic E-state index is 13.0. The summed E-state index contributed by atoms with van der Waals surface area (Å²) in [6, 6.07) is 4.72. The maximum Gasteiger partial charge on any atom is 0.124 e. The molecule has 1 aliphatic rings. The van der Waals surface area contributed by atoms with Crippen LogP contribution in [0.1, 0.15) is 37.7 Å². The van der Waals surface area contributed by atoms with E-state index < -0.39 is 0 Å². The Balaban J connectivity index is 1.84. The van der Waals surface area contributed by atoms with E-state index in [-0.39, 0.29) is 11.9 Å². The minimum Gasteiger partial charge on any atom is -0.271 e. The summed E-state index contributed by atoms with van der Waals surface area (Å²) in [4.78, 5) is 0. The third-order valence-electron chi connectivity index (χ3n) is 3.80. The molecule has 1 aliphatic carbocycles. The molecule has 1 unspecified atom stereocenters. The molecule has 0 heterocycles. The fourth-order valence-electron chi connectivity index (χ4n) is 2.60. The minimum absolute atomic E-state index is 0.171. The molecule has 1 aromatic rings. The first-order valence-electron chi connectivity index (χ1n) is 7.20. The van der Waals surface area contributed by atoms with Crippen LogP contribution in [0.2, 0.25) is 5.02 Å². The van der Waals surface area contributed by atoms with Gasteiger partial charge in [-0.15, -0.1) is 0 Å². The van der Waals surface area contributed by atoms with E-state index in [9.17, 15) is 4.39 Å². The molecule has 1 fully saturated rings. The van der Waals surface area contributed by atoms with Gasteiger partial charge in [0.25, 0.3) is 0 Å². The third kappa shape index (κ3) is 4.92. The smallest absolute Gasteiger partial charge is 0.124 e. The number of nitrogens with one attached hydrogen (secondary N) is 1. The molecule has 0 spiro atoms.